The molecule has 0 aliphatic carbocycles. The monoisotopic (exact) mass is 346 g/mol. The summed E-state index contributed by atoms with van der Waals surface area (Å²) in [6.45, 7) is 6.30. The lowest BCUT2D eigenvalue weighted by Crippen LogP contribution is -2.39. The van der Waals surface area contributed by atoms with E-state index >= 15 is 0 Å². The zero-order valence-corrected chi connectivity index (χ0v) is 14.7. The molecule has 1 heterocycles. The quantitative estimate of drug-likeness (QED) is 0.776. The molecule has 1 atom stereocenters. The van der Waals surface area contributed by atoms with Crippen LogP contribution in [0.5, 0.6) is 0 Å². The van der Waals surface area contributed by atoms with Gasteiger partial charge in [0.2, 0.25) is 0 Å². The first-order chi connectivity index (χ1) is 8.92. The lowest BCUT2D eigenvalue weighted by Gasteiger charge is -2.27. The van der Waals surface area contributed by atoms with Crippen LogP contribution in [0.4, 0.5) is 0 Å². The van der Waals surface area contributed by atoms with Crippen molar-refractivity contribution in [3.63, 3.8) is 0 Å². The Morgan fingerprint density at radius 2 is 2.16 bits per heavy atom. The van der Waals surface area contributed by atoms with Crippen molar-refractivity contribution in [2.45, 2.75) is 39.3 Å². The summed E-state index contributed by atoms with van der Waals surface area (Å²) >= 11 is 5.24. The molecule has 5 heteroatoms. The first-order valence-corrected chi connectivity index (χ1v) is 8.74. The van der Waals surface area contributed by atoms with Gasteiger partial charge in [-0.05, 0) is 48.5 Å². The lowest BCUT2D eigenvalue weighted by atomic mass is 10.2. The Kier molecular flexibility index (Phi) is 6.47. The van der Waals surface area contributed by atoms with E-state index in [-0.39, 0.29) is 18.0 Å². The molecule has 0 radical (unpaired) electrons. The van der Waals surface area contributed by atoms with Crippen LogP contribution in [-0.4, -0.2) is 40.5 Å². The number of aromatic nitrogens is 1. The van der Waals surface area contributed by atoms with E-state index in [2.05, 4.69) is 43.0 Å². The van der Waals surface area contributed by atoms with E-state index < -0.39 is 0 Å². The summed E-state index contributed by atoms with van der Waals surface area (Å²) in [6, 6.07) is 2.47. The molecular weight excluding hydrogens is 324 g/mol. The van der Waals surface area contributed by atoms with Crippen LogP contribution in [-0.2, 0) is 0 Å². The van der Waals surface area contributed by atoms with Gasteiger partial charge in [0.1, 0.15) is 5.69 Å². The average Bonchev–Trinajstić information content (AvgIpc) is 2.76. The minimum absolute atomic E-state index is 0.0975. The van der Waals surface area contributed by atoms with E-state index in [4.69, 9.17) is 0 Å². The van der Waals surface area contributed by atoms with E-state index in [1.807, 2.05) is 28.8 Å². The van der Waals surface area contributed by atoms with Gasteiger partial charge in [-0.15, -0.1) is 0 Å². The van der Waals surface area contributed by atoms with Crippen molar-refractivity contribution in [2.75, 3.05) is 19.1 Å². The Labute approximate surface area is 128 Å². The Balaban J connectivity index is 2.99. The van der Waals surface area contributed by atoms with Crippen LogP contribution in [0.1, 0.15) is 43.7 Å². The van der Waals surface area contributed by atoms with Gasteiger partial charge in [0.05, 0.1) is 0 Å². The summed E-state index contributed by atoms with van der Waals surface area (Å²) in [5.74, 6) is 1.07. The minimum atomic E-state index is 0.0975. The highest BCUT2D eigenvalue weighted by Crippen LogP contribution is 2.22. The molecule has 1 aromatic rings. The third-order valence-corrected chi connectivity index (χ3v) is 4.44. The third kappa shape index (κ3) is 4.02. The van der Waals surface area contributed by atoms with Gasteiger partial charge in [0.15, 0.2) is 0 Å². The highest BCUT2D eigenvalue weighted by molar-refractivity contribution is 9.10. The first kappa shape index (κ1) is 16.6. The van der Waals surface area contributed by atoms with Crippen molar-refractivity contribution in [1.82, 2.24) is 9.47 Å². The molecule has 0 N–H and O–H groups in total. The molecule has 3 nitrogen and oxygen atoms in total. The van der Waals surface area contributed by atoms with Gasteiger partial charge in [-0.3, -0.25) is 4.79 Å². The van der Waals surface area contributed by atoms with Crippen LogP contribution in [0.15, 0.2) is 16.7 Å². The van der Waals surface area contributed by atoms with Crippen molar-refractivity contribution >= 4 is 33.6 Å². The molecule has 0 spiro atoms. The molecule has 108 valence electrons. The molecular formula is C14H23BrN2OS. The molecule has 1 aromatic heterocycles. The van der Waals surface area contributed by atoms with E-state index in [0.29, 0.717) is 0 Å². The molecule has 0 aliphatic heterocycles. The second-order valence-corrected chi connectivity index (χ2v) is 6.80. The number of halogens is 1. The molecule has 0 fully saturated rings. The fourth-order valence-electron chi connectivity index (χ4n) is 2.09. The van der Waals surface area contributed by atoms with Gasteiger partial charge < -0.3 is 9.47 Å². The Bertz CT molecular complexity index is 431. The van der Waals surface area contributed by atoms with E-state index in [0.717, 1.165) is 22.3 Å². The number of thioether (sulfide) groups is 1. The summed E-state index contributed by atoms with van der Waals surface area (Å²) in [4.78, 5) is 14.5. The molecule has 1 rings (SSSR count). The van der Waals surface area contributed by atoms with Crippen LogP contribution >= 0.6 is 27.7 Å². The van der Waals surface area contributed by atoms with Crippen molar-refractivity contribution < 1.29 is 4.79 Å². The van der Waals surface area contributed by atoms with Gasteiger partial charge in [-0.2, -0.15) is 11.8 Å². The van der Waals surface area contributed by atoms with Gasteiger partial charge in [0, 0.05) is 35.6 Å². The molecule has 0 aromatic carbocycles. The summed E-state index contributed by atoms with van der Waals surface area (Å²) in [7, 11) is 1.90. The molecule has 1 unspecified atom stereocenters. The number of hydrogen-bond acceptors (Lipinski definition) is 2. The maximum atomic E-state index is 12.6. The van der Waals surface area contributed by atoms with E-state index in [9.17, 15) is 4.79 Å². The number of nitrogens with zero attached hydrogens (tertiary/aromatic N) is 2. The molecule has 0 saturated carbocycles. The second-order valence-electron chi connectivity index (χ2n) is 4.98. The van der Waals surface area contributed by atoms with Crippen LogP contribution in [0.2, 0.25) is 0 Å². The van der Waals surface area contributed by atoms with Gasteiger partial charge in [-0.25, -0.2) is 0 Å². The number of rotatable bonds is 6. The largest absolute Gasteiger partial charge is 0.340 e. The highest BCUT2D eigenvalue weighted by Gasteiger charge is 2.23. The lowest BCUT2D eigenvalue weighted by molar-refractivity contribution is 0.0731. The van der Waals surface area contributed by atoms with Crippen LogP contribution in [0.3, 0.4) is 0 Å². The molecule has 0 aliphatic rings. The van der Waals surface area contributed by atoms with Crippen molar-refractivity contribution in [3.8, 4) is 0 Å². The SMILES string of the molecule is CCC(CSC)N(C)C(=O)c1cc(Br)cn1C(C)C. The summed E-state index contributed by atoms with van der Waals surface area (Å²) in [5.41, 5.74) is 0.754. The van der Waals surface area contributed by atoms with E-state index in [1.54, 1.807) is 11.8 Å². The maximum Gasteiger partial charge on any atom is 0.270 e. The molecule has 1 amide bonds. The zero-order chi connectivity index (χ0) is 14.6. The van der Waals surface area contributed by atoms with Gasteiger partial charge >= 0.3 is 0 Å². The topological polar surface area (TPSA) is 25.2 Å². The fourth-order valence-corrected chi connectivity index (χ4v) is 3.37. The van der Waals surface area contributed by atoms with Gasteiger partial charge in [-0.1, -0.05) is 6.92 Å². The van der Waals surface area contributed by atoms with Crippen molar-refractivity contribution in [2.24, 2.45) is 0 Å². The Hall–Kier alpha value is -0.420. The molecule has 0 saturated heterocycles. The molecule has 19 heavy (non-hydrogen) atoms. The van der Waals surface area contributed by atoms with Crippen molar-refractivity contribution in [1.29, 1.82) is 0 Å². The first-order valence-electron chi connectivity index (χ1n) is 6.55. The predicted octanol–water partition coefficient (Wildman–Crippen LogP) is 4.05. The smallest absolute Gasteiger partial charge is 0.270 e. The van der Waals surface area contributed by atoms with Crippen LogP contribution in [0, 0.1) is 0 Å². The molecule has 0 bridgehead atoms. The Morgan fingerprint density at radius 1 is 1.53 bits per heavy atom. The number of carbonyl (C=O) groups is 1. The maximum absolute atomic E-state index is 12.6. The van der Waals surface area contributed by atoms with Crippen molar-refractivity contribution in [3.05, 3.63) is 22.4 Å². The van der Waals surface area contributed by atoms with Gasteiger partial charge in [0.25, 0.3) is 5.91 Å². The van der Waals surface area contributed by atoms with E-state index in [1.165, 1.54) is 0 Å². The summed E-state index contributed by atoms with van der Waals surface area (Å²) in [6.07, 6.45) is 5.03. The standard InChI is InChI=1S/C14H23BrN2OS/c1-6-12(9-19-5)16(4)14(18)13-7-11(15)8-17(13)10(2)3/h7-8,10,12H,6,9H2,1-5H3. The minimum Gasteiger partial charge on any atom is -0.340 e. The third-order valence-electron chi connectivity index (χ3n) is 3.29. The predicted molar refractivity (Wildman–Crippen MR) is 87.1 cm³/mol. The highest BCUT2D eigenvalue weighted by atomic mass is 79.9. The number of hydrogen-bond donors (Lipinski definition) is 0. The number of amides is 1. The normalized spacial score (nSPS) is 12.8. The summed E-state index contributed by atoms with van der Waals surface area (Å²) in [5, 5.41) is 0. The fraction of sp³-hybridized carbons (Fsp3) is 0.643. The van der Waals surface area contributed by atoms with Crippen LogP contribution < -0.4 is 0 Å². The summed E-state index contributed by atoms with van der Waals surface area (Å²) < 4.78 is 2.98. The zero-order valence-electron chi connectivity index (χ0n) is 12.3. The average molecular weight is 347 g/mol. The number of carbonyl (C=O) groups excluding carboxylic acids is 1. The Morgan fingerprint density at radius 3 is 2.63 bits per heavy atom. The van der Waals surface area contributed by atoms with Crippen LogP contribution in [0.25, 0.3) is 0 Å². The second kappa shape index (κ2) is 7.39.